The molecule has 1 aromatic rings. The summed E-state index contributed by atoms with van der Waals surface area (Å²) in [4.78, 5) is 4.15. The molecule has 134 valence electrons. The van der Waals surface area contributed by atoms with E-state index in [1.54, 1.807) is 0 Å². The number of rotatable bonds is 7. The molecule has 0 heterocycles. The standard InChI is InChI=1S/C17H28N4O2S/c18-17(21-16-10-6-1-2-7-11-16)19-12-13-24(22,23)20-14-15-8-4-3-5-9-15/h3-5,8-9,16,20H,1-2,6-7,10-14H2,(H3,18,19,21). The molecule has 1 fully saturated rings. The lowest BCUT2D eigenvalue weighted by Crippen LogP contribution is -2.40. The van der Waals surface area contributed by atoms with Crippen LogP contribution in [0.3, 0.4) is 0 Å². The topological polar surface area (TPSA) is 96.6 Å². The van der Waals surface area contributed by atoms with Crippen LogP contribution in [0.25, 0.3) is 0 Å². The highest BCUT2D eigenvalue weighted by molar-refractivity contribution is 7.89. The van der Waals surface area contributed by atoms with E-state index in [1.165, 1.54) is 25.7 Å². The van der Waals surface area contributed by atoms with Gasteiger partial charge in [0.25, 0.3) is 0 Å². The molecule has 1 aromatic carbocycles. The summed E-state index contributed by atoms with van der Waals surface area (Å²) >= 11 is 0. The highest BCUT2D eigenvalue weighted by Crippen LogP contribution is 2.16. The maximum absolute atomic E-state index is 12.0. The maximum atomic E-state index is 12.0. The SMILES string of the molecule is NC(=NCCS(=O)(=O)NCc1ccccc1)NC1CCCCCC1. The molecule has 1 aliphatic rings. The van der Waals surface area contributed by atoms with E-state index in [0.29, 0.717) is 18.5 Å². The fourth-order valence-electron chi connectivity index (χ4n) is 2.83. The molecule has 7 heteroatoms. The molecule has 1 saturated carbocycles. The molecule has 6 nitrogen and oxygen atoms in total. The van der Waals surface area contributed by atoms with Crippen molar-refractivity contribution in [2.45, 2.75) is 51.1 Å². The number of nitrogens with zero attached hydrogens (tertiary/aromatic N) is 1. The first-order valence-corrected chi connectivity index (χ1v) is 10.3. The third-order valence-electron chi connectivity index (χ3n) is 4.19. The number of nitrogens with two attached hydrogens (primary N) is 1. The molecule has 0 radical (unpaired) electrons. The van der Waals surface area contributed by atoms with Gasteiger partial charge in [-0.2, -0.15) is 0 Å². The van der Waals surface area contributed by atoms with Gasteiger partial charge < -0.3 is 11.1 Å². The van der Waals surface area contributed by atoms with Crippen LogP contribution in [0.1, 0.15) is 44.1 Å². The quantitative estimate of drug-likeness (QED) is 0.395. The average molecular weight is 353 g/mol. The zero-order chi connectivity index (χ0) is 17.3. The third kappa shape index (κ3) is 7.31. The summed E-state index contributed by atoms with van der Waals surface area (Å²) in [5.41, 5.74) is 6.80. The number of hydrogen-bond acceptors (Lipinski definition) is 3. The van der Waals surface area contributed by atoms with Crippen LogP contribution < -0.4 is 15.8 Å². The van der Waals surface area contributed by atoms with Crippen molar-refractivity contribution in [1.82, 2.24) is 10.0 Å². The molecule has 0 amide bonds. The summed E-state index contributed by atoms with van der Waals surface area (Å²) in [6, 6.07) is 9.80. The van der Waals surface area contributed by atoms with Gasteiger partial charge in [0.2, 0.25) is 10.0 Å². The smallest absolute Gasteiger partial charge is 0.213 e. The molecule has 0 spiro atoms. The van der Waals surface area contributed by atoms with Crippen molar-refractivity contribution in [3.8, 4) is 0 Å². The van der Waals surface area contributed by atoms with Crippen molar-refractivity contribution in [2.24, 2.45) is 10.7 Å². The van der Waals surface area contributed by atoms with Crippen LogP contribution in [0.2, 0.25) is 0 Å². The van der Waals surface area contributed by atoms with E-state index in [1.807, 2.05) is 30.3 Å². The van der Waals surface area contributed by atoms with Gasteiger partial charge in [-0.25, -0.2) is 13.1 Å². The summed E-state index contributed by atoms with van der Waals surface area (Å²) in [5.74, 6) is 0.285. The van der Waals surface area contributed by atoms with Gasteiger partial charge in [0, 0.05) is 12.6 Å². The van der Waals surface area contributed by atoms with Crippen LogP contribution in [0.4, 0.5) is 0 Å². The van der Waals surface area contributed by atoms with Crippen LogP contribution in [-0.4, -0.2) is 32.7 Å². The number of aliphatic imine (C=N–C) groups is 1. The zero-order valence-corrected chi connectivity index (χ0v) is 14.9. The van der Waals surface area contributed by atoms with Gasteiger partial charge >= 0.3 is 0 Å². The number of guanidine groups is 1. The molecule has 0 unspecified atom stereocenters. The third-order valence-corrected chi connectivity index (χ3v) is 5.49. The normalized spacial score (nSPS) is 17.4. The first kappa shape index (κ1) is 18.7. The highest BCUT2D eigenvalue weighted by Gasteiger charge is 2.13. The van der Waals surface area contributed by atoms with E-state index in [9.17, 15) is 8.42 Å². The summed E-state index contributed by atoms with van der Waals surface area (Å²) < 4.78 is 26.5. The van der Waals surface area contributed by atoms with Gasteiger partial charge in [-0.3, -0.25) is 4.99 Å². The lowest BCUT2D eigenvalue weighted by molar-refractivity contribution is 0.530. The minimum Gasteiger partial charge on any atom is -0.370 e. The first-order valence-electron chi connectivity index (χ1n) is 8.63. The fraction of sp³-hybridized carbons (Fsp3) is 0.588. The Morgan fingerprint density at radius 3 is 2.46 bits per heavy atom. The molecule has 0 saturated heterocycles. The number of benzene rings is 1. The van der Waals surface area contributed by atoms with E-state index in [-0.39, 0.29) is 12.3 Å². The van der Waals surface area contributed by atoms with Gasteiger partial charge in [0.1, 0.15) is 0 Å². The summed E-state index contributed by atoms with van der Waals surface area (Å²) in [6.45, 7) is 0.457. The fourth-order valence-corrected chi connectivity index (χ4v) is 3.69. The van der Waals surface area contributed by atoms with Crippen LogP contribution in [0.5, 0.6) is 0 Å². The minimum atomic E-state index is -3.35. The molecule has 4 N–H and O–H groups in total. The summed E-state index contributed by atoms with van der Waals surface area (Å²) in [7, 11) is -3.35. The number of sulfonamides is 1. The lowest BCUT2D eigenvalue weighted by Gasteiger charge is -2.16. The van der Waals surface area contributed by atoms with Crippen molar-refractivity contribution < 1.29 is 8.42 Å². The monoisotopic (exact) mass is 352 g/mol. The second kappa shape index (κ2) is 9.64. The van der Waals surface area contributed by atoms with Crippen molar-refractivity contribution in [3.63, 3.8) is 0 Å². The Hall–Kier alpha value is -1.60. The van der Waals surface area contributed by atoms with E-state index in [0.717, 1.165) is 18.4 Å². The van der Waals surface area contributed by atoms with Crippen LogP contribution in [0.15, 0.2) is 35.3 Å². The highest BCUT2D eigenvalue weighted by atomic mass is 32.2. The predicted octanol–water partition coefficient (Wildman–Crippen LogP) is 1.73. The summed E-state index contributed by atoms with van der Waals surface area (Å²) in [6.07, 6.45) is 7.19. The Balaban J connectivity index is 1.72. The Kier molecular flexibility index (Phi) is 7.52. The zero-order valence-electron chi connectivity index (χ0n) is 14.1. The van der Waals surface area contributed by atoms with Gasteiger partial charge in [-0.15, -0.1) is 0 Å². The average Bonchev–Trinajstić information content (AvgIpc) is 2.82. The number of hydrogen-bond donors (Lipinski definition) is 3. The molecule has 0 bridgehead atoms. The van der Waals surface area contributed by atoms with Gasteiger partial charge in [-0.05, 0) is 18.4 Å². The van der Waals surface area contributed by atoms with Crippen LogP contribution in [-0.2, 0) is 16.6 Å². The van der Waals surface area contributed by atoms with Crippen LogP contribution >= 0.6 is 0 Å². The molecule has 2 rings (SSSR count). The lowest BCUT2D eigenvalue weighted by atomic mass is 10.1. The van der Waals surface area contributed by atoms with Crippen molar-refractivity contribution >= 4 is 16.0 Å². The Labute approximate surface area is 145 Å². The van der Waals surface area contributed by atoms with E-state index < -0.39 is 10.0 Å². The Morgan fingerprint density at radius 1 is 1.12 bits per heavy atom. The number of nitrogens with one attached hydrogen (secondary N) is 2. The second-order valence-electron chi connectivity index (χ2n) is 6.23. The van der Waals surface area contributed by atoms with E-state index in [4.69, 9.17) is 5.73 Å². The van der Waals surface area contributed by atoms with Gasteiger partial charge in [-0.1, -0.05) is 56.0 Å². The second-order valence-corrected chi connectivity index (χ2v) is 8.15. The van der Waals surface area contributed by atoms with Gasteiger partial charge in [0.05, 0.1) is 12.3 Å². The Morgan fingerprint density at radius 2 is 1.79 bits per heavy atom. The molecule has 24 heavy (non-hydrogen) atoms. The molecular weight excluding hydrogens is 324 g/mol. The van der Waals surface area contributed by atoms with Crippen LogP contribution in [0, 0.1) is 0 Å². The molecule has 0 aromatic heterocycles. The Bertz CT molecular complexity index is 609. The molecular formula is C17H28N4O2S. The van der Waals surface area contributed by atoms with E-state index in [2.05, 4.69) is 15.0 Å². The first-order chi connectivity index (χ1) is 11.6. The molecule has 0 aliphatic heterocycles. The predicted molar refractivity (Wildman–Crippen MR) is 98.2 cm³/mol. The molecule has 0 atom stereocenters. The molecule has 1 aliphatic carbocycles. The van der Waals surface area contributed by atoms with Gasteiger partial charge in [0.15, 0.2) is 5.96 Å². The van der Waals surface area contributed by atoms with Crippen molar-refractivity contribution in [2.75, 3.05) is 12.3 Å². The maximum Gasteiger partial charge on any atom is 0.213 e. The van der Waals surface area contributed by atoms with Crippen molar-refractivity contribution in [3.05, 3.63) is 35.9 Å². The largest absolute Gasteiger partial charge is 0.370 e. The minimum absolute atomic E-state index is 0.0626. The van der Waals surface area contributed by atoms with E-state index >= 15 is 0 Å². The van der Waals surface area contributed by atoms with Crippen molar-refractivity contribution in [1.29, 1.82) is 0 Å². The summed E-state index contributed by atoms with van der Waals surface area (Å²) in [5, 5.41) is 3.22.